The minimum atomic E-state index is -0.218. The van der Waals surface area contributed by atoms with E-state index in [4.69, 9.17) is 0 Å². The Kier molecular flexibility index (Phi) is 4.15. The maximum absolute atomic E-state index is 12.0. The molecule has 3 rings (SSSR count). The highest BCUT2D eigenvalue weighted by Gasteiger charge is 2.27. The van der Waals surface area contributed by atoms with E-state index in [1.165, 1.54) is 29.9 Å². The fourth-order valence-corrected chi connectivity index (χ4v) is 3.30. The van der Waals surface area contributed by atoms with Crippen LogP contribution in [-0.2, 0) is 13.6 Å². The molecule has 0 saturated heterocycles. The van der Waals surface area contributed by atoms with E-state index in [1.807, 2.05) is 11.7 Å². The Morgan fingerprint density at radius 1 is 1.50 bits per heavy atom. The van der Waals surface area contributed by atoms with Crippen LogP contribution in [0.1, 0.15) is 55.6 Å². The summed E-state index contributed by atoms with van der Waals surface area (Å²) in [6.45, 7) is 4.55. The van der Waals surface area contributed by atoms with Crippen LogP contribution in [0.2, 0.25) is 0 Å². The van der Waals surface area contributed by atoms with Gasteiger partial charge in [0, 0.05) is 18.7 Å². The molecule has 0 aromatic carbocycles. The zero-order valence-corrected chi connectivity index (χ0v) is 13.9. The zero-order chi connectivity index (χ0) is 15.7. The second kappa shape index (κ2) is 6.08. The molecule has 2 amide bonds. The van der Waals surface area contributed by atoms with Crippen LogP contribution in [0.5, 0.6) is 0 Å². The summed E-state index contributed by atoms with van der Waals surface area (Å²) in [5, 5.41) is 11.0. The van der Waals surface area contributed by atoms with Gasteiger partial charge in [-0.2, -0.15) is 5.10 Å². The Balaban J connectivity index is 1.56. The molecule has 6 nitrogen and oxygen atoms in total. The molecule has 7 heteroatoms. The molecular formula is C15H21N5OS. The van der Waals surface area contributed by atoms with Gasteiger partial charge in [0.1, 0.15) is 5.00 Å². The SMILES string of the molecule is CC(C)c1ncsc1NC(=O)NCc1cc(C2CC2)n(C)n1. The van der Waals surface area contributed by atoms with Crippen molar-refractivity contribution in [1.82, 2.24) is 20.1 Å². The quantitative estimate of drug-likeness (QED) is 0.889. The number of carbonyl (C=O) groups excluding carboxylic acids is 1. The molecule has 2 aromatic heterocycles. The summed E-state index contributed by atoms with van der Waals surface area (Å²) in [4.78, 5) is 16.3. The zero-order valence-electron chi connectivity index (χ0n) is 13.1. The molecule has 2 heterocycles. The fourth-order valence-electron chi connectivity index (χ4n) is 2.47. The highest BCUT2D eigenvalue weighted by atomic mass is 32.1. The number of aromatic nitrogens is 3. The van der Waals surface area contributed by atoms with Crippen LogP contribution < -0.4 is 10.6 Å². The number of anilines is 1. The number of urea groups is 1. The van der Waals surface area contributed by atoms with Crippen molar-refractivity contribution in [3.63, 3.8) is 0 Å². The van der Waals surface area contributed by atoms with Crippen molar-refractivity contribution in [2.75, 3.05) is 5.32 Å². The van der Waals surface area contributed by atoms with E-state index in [2.05, 4.69) is 40.6 Å². The van der Waals surface area contributed by atoms with Crippen LogP contribution in [0.3, 0.4) is 0 Å². The molecular weight excluding hydrogens is 298 g/mol. The van der Waals surface area contributed by atoms with Crippen molar-refractivity contribution >= 4 is 22.4 Å². The van der Waals surface area contributed by atoms with Gasteiger partial charge < -0.3 is 5.32 Å². The van der Waals surface area contributed by atoms with Crippen molar-refractivity contribution in [2.45, 2.75) is 45.1 Å². The first kappa shape index (κ1) is 15.0. The lowest BCUT2D eigenvalue weighted by atomic mass is 10.1. The van der Waals surface area contributed by atoms with Gasteiger partial charge in [-0.3, -0.25) is 10.00 Å². The number of carbonyl (C=O) groups is 1. The maximum atomic E-state index is 12.0. The number of amides is 2. The van der Waals surface area contributed by atoms with Crippen molar-refractivity contribution < 1.29 is 4.79 Å². The van der Waals surface area contributed by atoms with Gasteiger partial charge in [-0.15, -0.1) is 11.3 Å². The molecule has 1 saturated carbocycles. The number of hydrogen-bond donors (Lipinski definition) is 2. The Morgan fingerprint density at radius 3 is 2.95 bits per heavy atom. The molecule has 118 valence electrons. The standard InChI is InChI=1S/C15H21N5OS/c1-9(2)13-14(22-8-17-13)18-15(21)16-7-11-6-12(10-4-5-10)20(3)19-11/h6,8-10H,4-5,7H2,1-3H3,(H2,16,18,21). The average Bonchev–Trinajstić information content (AvgIpc) is 3.08. The first-order valence-electron chi connectivity index (χ1n) is 7.55. The highest BCUT2D eigenvalue weighted by Crippen LogP contribution is 2.39. The minimum Gasteiger partial charge on any atom is -0.332 e. The first-order chi connectivity index (χ1) is 10.5. The Morgan fingerprint density at radius 2 is 2.27 bits per heavy atom. The van der Waals surface area contributed by atoms with E-state index >= 15 is 0 Å². The van der Waals surface area contributed by atoms with Gasteiger partial charge in [0.15, 0.2) is 0 Å². The number of rotatable bonds is 5. The molecule has 1 fully saturated rings. The normalized spacial score (nSPS) is 14.4. The van der Waals surface area contributed by atoms with Crippen molar-refractivity contribution in [3.8, 4) is 0 Å². The van der Waals surface area contributed by atoms with Gasteiger partial charge >= 0.3 is 6.03 Å². The summed E-state index contributed by atoms with van der Waals surface area (Å²) in [5.74, 6) is 0.948. The lowest BCUT2D eigenvalue weighted by Gasteiger charge is -2.08. The molecule has 0 spiro atoms. The molecule has 0 bridgehead atoms. The van der Waals surface area contributed by atoms with E-state index in [-0.39, 0.29) is 6.03 Å². The topological polar surface area (TPSA) is 71.8 Å². The van der Waals surface area contributed by atoms with Crippen LogP contribution >= 0.6 is 11.3 Å². The predicted octanol–water partition coefficient (Wildman–Crippen LogP) is 3.20. The van der Waals surface area contributed by atoms with Gasteiger partial charge in [-0.1, -0.05) is 13.8 Å². The van der Waals surface area contributed by atoms with Gasteiger partial charge in [0.05, 0.1) is 23.4 Å². The van der Waals surface area contributed by atoms with E-state index < -0.39 is 0 Å². The van der Waals surface area contributed by atoms with Crippen LogP contribution in [0.25, 0.3) is 0 Å². The van der Waals surface area contributed by atoms with E-state index in [0.29, 0.717) is 18.4 Å². The smallest absolute Gasteiger partial charge is 0.320 e. The van der Waals surface area contributed by atoms with Gasteiger partial charge in [0.25, 0.3) is 0 Å². The largest absolute Gasteiger partial charge is 0.332 e. The monoisotopic (exact) mass is 319 g/mol. The summed E-state index contributed by atoms with van der Waals surface area (Å²) in [6.07, 6.45) is 2.49. The van der Waals surface area contributed by atoms with Gasteiger partial charge in [0.2, 0.25) is 0 Å². The van der Waals surface area contributed by atoms with Crippen LogP contribution in [0, 0.1) is 0 Å². The predicted molar refractivity (Wildman–Crippen MR) is 87.2 cm³/mol. The average molecular weight is 319 g/mol. The summed E-state index contributed by atoms with van der Waals surface area (Å²) in [5.41, 5.74) is 4.84. The molecule has 0 unspecified atom stereocenters. The molecule has 1 aliphatic carbocycles. The molecule has 1 aliphatic rings. The number of aryl methyl sites for hydroxylation is 1. The number of nitrogens with zero attached hydrogens (tertiary/aromatic N) is 3. The third-order valence-electron chi connectivity index (χ3n) is 3.76. The fraction of sp³-hybridized carbons (Fsp3) is 0.533. The third kappa shape index (κ3) is 3.30. The van der Waals surface area contributed by atoms with E-state index in [1.54, 1.807) is 5.51 Å². The Labute approximate surface area is 133 Å². The molecule has 22 heavy (non-hydrogen) atoms. The first-order valence-corrected chi connectivity index (χ1v) is 8.43. The molecule has 0 atom stereocenters. The maximum Gasteiger partial charge on any atom is 0.320 e. The van der Waals surface area contributed by atoms with Gasteiger partial charge in [-0.25, -0.2) is 9.78 Å². The second-order valence-electron chi connectivity index (χ2n) is 5.99. The van der Waals surface area contributed by atoms with E-state index in [9.17, 15) is 4.79 Å². The summed E-state index contributed by atoms with van der Waals surface area (Å²) < 4.78 is 1.92. The lowest BCUT2D eigenvalue weighted by Crippen LogP contribution is -2.28. The summed E-state index contributed by atoms with van der Waals surface area (Å²) in [6, 6.07) is 1.87. The third-order valence-corrected chi connectivity index (χ3v) is 4.52. The number of hydrogen-bond acceptors (Lipinski definition) is 4. The van der Waals surface area contributed by atoms with Crippen molar-refractivity contribution in [3.05, 3.63) is 28.7 Å². The second-order valence-corrected chi connectivity index (χ2v) is 6.84. The number of nitrogens with one attached hydrogen (secondary N) is 2. The highest BCUT2D eigenvalue weighted by molar-refractivity contribution is 7.14. The van der Waals surface area contributed by atoms with Crippen molar-refractivity contribution in [1.29, 1.82) is 0 Å². The molecule has 0 aliphatic heterocycles. The van der Waals surface area contributed by atoms with Gasteiger partial charge in [-0.05, 0) is 24.8 Å². The Bertz CT molecular complexity index is 671. The summed E-state index contributed by atoms with van der Waals surface area (Å²) in [7, 11) is 1.96. The minimum absolute atomic E-state index is 0.218. The lowest BCUT2D eigenvalue weighted by molar-refractivity contribution is 0.251. The molecule has 0 radical (unpaired) electrons. The van der Waals surface area contributed by atoms with Crippen LogP contribution in [-0.4, -0.2) is 20.8 Å². The van der Waals surface area contributed by atoms with Crippen LogP contribution in [0.15, 0.2) is 11.6 Å². The number of thiazole rings is 1. The Hall–Kier alpha value is -1.89. The van der Waals surface area contributed by atoms with Crippen molar-refractivity contribution in [2.24, 2.45) is 7.05 Å². The van der Waals surface area contributed by atoms with E-state index in [0.717, 1.165) is 16.4 Å². The molecule has 2 N–H and O–H groups in total. The van der Waals surface area contributed by atoms with Crippen LogP contribution in [0.4, 0.5) is 9.80 Å². The summed E-state index contributed by atoms with van der Waals surface area (Å²) >= 11 is 1.44. The molecule has 2 aromatic rings.